The SMILES string of the molecule is N#C/C(=C/Nc1ccc(N)c(Cl)c1)C(=O)Nc1ccc(N)c(Cl)c1. The van der Waals surface area contributed by atoms with Crippen molar-refractivity contribution >= 4 is 51.9 Å². The second-order valence-electron chi connectivity index (χ2n) is 4.74. The lowest BCUT2D eigenvalue weighted by molar-refractivity contribution is -0.112. The van der Waals surface area contributed by atoms with Crippen LogP contribution in [0, 0.1) is 11.3 Å². The Bertz CT molecular complexity index is 858. The summed E-state index contributed by atoms with van der Waals surface area (Å²) in [5.74, 6) is -0.590. The second-order valence-corrected chi connectivity index (χ2v) is 5.56. The molecule has 0 saturated carbocycles. The first-order chi connectivity index (χ1) is 11.4. The fraction of sp³-hybridized carbons (Fsp3) is 0. The Morgan fingerprint density at radius 1 is 1.04 bits per heavy atom. The van der Waals surface area contributed by atoms with Crippen molar-refractivity contribution in [3.8, 4) is 6.07 Å². The zero-order chi connectivity index (χ0) is 17.7. The number of nitrogens with one attached hydrogen (secondary N) is 2. The third-order valence-corrected chi connectivity index (χ3v) is 3.66. The maximum atomic E-state index is 12.1. The second kappa shape index (κ2) is 7.59. The lowest BCUT2D eigenvalue weighted by Crippen LogP contribution is -2.14. The Hall–Kier alpha value is -2.88. The van der Waals surface area contributed by atoms with E-state index in [9.17, 15) is 4.79 Å². The van der Waals surface area contributed by atoms with Gasteiger partial charge in [0, 0.05) is 17.6 Å². The molecule has 0 bridgehead atoms. The number of rotatable bonds is 4. The highest BCUT2D eigenvalue weighted by Crippen LogP contribution is 2.24. The minimum Gasteiger partial charge on any atom is -0.398 e. The number of halogens is 2. The summed E-state index contributed by atoms with van der Waals surface area (Å²) in [6.07, 6.45) is 1.27. The van der Waals surface area contributed by atoms with Gasteiger partial charge in [-0.05, 0) is 36.4 Å². The molecule has 0 aliphatic rings. The maximum Gasteiger partial charge on any atom is 0.267 e. The molecule has 2 aromatic carbocycles. The molecule has 0 spiro atoms. The largest absolute Gasteiger partial charge is 0.398 e. The van der Waals surface area contributed by atoms with Gasteiger partial charge in [-0.2, -0.15) is 5.26 Å². The van der Waals surface area contributed by atoms with Crippen molar-refractivity contribution in [2.45, 2.75) is 0 Å². The molecule has 0 atom stereocenters. The molecule has 0 aliphatic heterocycles. The number of hydrogen-bond donors (Lipinski definition) is 4. The number of nitrogens with two attached hydrogens (primary N) is 2. The topological polar surface area (TPSA) is 117 Å². The fourth-order valence-corrected chi connectivity index (χ4v) is 2.09. The molecule has 1 amide bonds. The Labute approximate surface area is 148 Å². The third-order valence-electron chi connectivity index (χ3n) is 3.01. The molecule has 2 rings (SSSR count). The first-order valence-electron chi connectivity index (χ1n) is 6.69. The summed E-state index contributed by atoms with van der Waals surface area (Å²) in [4.78, 5) is 12.1. The van der Waals surface area contributed by atoms with Gasteiger partial charge in [0.2, 0.25) is 0 Å². The van der Waals surface area contributed by atoms with Gasteiger partial charge in [-0.25, -0.2) is 0 Å². The van der Waals surface area contributed by atoms with E-state index < -0.39 is 5.91 Å². The molecule has 2 aromatic rings. The van der Waals surface area contributed by atoms with Gasteiger partial charge >= 0.3 is 0 Å². The van der Waals surface area contributed by atoms with E-state index in [4.69, 9.17) is 39.9 Å². The van der Waals surface area contributed by atoms with Crippen molar-refractivity contribution < 1.29 is 4.79 Å². The van der Waals surface area contributed by atoms with Crippen molar-refractivity contribution in [2.24, 2.45) is 0 Å². The molecule has 6 nitrogen and oxygen atoms in total. The molecule has 0 fully saturated rings. The zero-order valence-corrected chi connectivity index (χ0v) is 13.8. The van der Waals surface area contributed by atoms with Crippen LogP contribution < -0.4 is 22.1 Å². The van der Waals surface area contributed by atoms with Crippen molar-refractivity contribution in [2.75, 3.05) is 22.1 Å². The minimum atomic E-state index is -0.590. The van der Waals surface area contributed by atoms with Gasteiger partial charge in [-0.1, -0.05) is 23.2 Å². The minimum absolute atomic E-state index is 0.129. The quantitative estimate of drug-likeness (QED) is 0.377. The van der Waals surface area contributed by atoms with E-state index in [-0.39, 0.29) is 5.57 Å². The van der Waals surface area contributed by atoms with Crippen molar-refractivity contribution in [3.05, 3.63) is 58.2 Å². The smallest absolute Gasteiger partial charge is 0.267 e. The number of anilines is 4. The number of carbonyl (C=O) groups excluding carboxylic acids is 1. The van der Waals surface area contributed by atoms with Crippen LogP contribution in [0.2, 0.25) is 10.0 Å². The van der Waals surface area contributed by atoms with E-state index >= 15 is 0 Å². The zero-order valence-electron chi connectivity index (χ0n) is 12.3. The van der Waals surface area contributed by atoms with Crippen molar-refractivity contribution in [3.63, 3.8) is 0 Å². The Morgan fingerprint density at radius 3 is 2.12 bits per heavy atom. The lowest BCUT2D eigenvalue weighted by Gasteiger charge is -2.07. The number of nitrogen functional groups attached to an aromatic ring is 2. The van der Waals surface area contributed by atoms with Gasteiger partial charge < -0.3 is 22.1 Å². The summed E-state index contributed by atoms with van der Waals surface area (Å²) in [6, 6.07) is 11.3. The van der Waals surface area contributed by atoms with Crippen LogP contribution in [0.5, 0.6) is 0 Å². The predicted octanol–water partition coefficient (Wildman–Crippen LogP) is 3.62. The highest BCUT2D eigenvalue weighted by molar-refractivity contribution is 6.33. The molecule has 0 aliphatic carbocycles. The van der Waals surface area contributed by atoms with Gasteiger partial charge in [0.25, 0.3) is 5.91 Å². The third kappa shape index (κ3) is 4.32. The maximum absolute atomic E-state index is 12.1. The van der Waals surface area contributed by atoms with E-state index in [0.717, 1.165) is 0 Å². The van der Waals surface area contributed by atoms with Crippen LogP contribution >= 0.6 is 23.2 Å². The van der Waals surface area contributed by atoms with Crippen LogP contribution in [0.1, 0.15) is 0 Å². The molecular formula is C16H13Cl2N5O. The molecule has 24 heavy (non-hydrogen) atoms. The van der Waals surface area contributed by atoms with E-state index in [2.05, 4.69) is 10.6 Å². The molecule has 0 aromatic heterocycles. The van der Waals surface area contributed by atoms with Gasteiger partial charge in [0.05, 0.1) is 21.4 Å². The normalized spacial score (nSPS) is 10.8. The summed E-state index contributed by atoms with van der Waals surface area (Å²) < 4.78 is 0. The van der Waals surface area contributed by atoms with Crippen LogP contribution in [0.15, 0.2) is 48.2 Å². The highest BCUT2D eigenvalue weighted by atomic mass is 35.5. The Morgan fingerprint density at radius 2 is 1.58 bits per heavy atom. The first kappa shape index (κ1) is 17.5. The van der Waals surface area contributed by atoms with E-state index in [0.29, 0.717) is 32.8 Å². The molecule has 8 heteroatoms. The molecule has 0 heterocycles. The summed E-state index contributed by atoms with van der Waals surface area (Å²) in [7, 11) is 0. The molecule has 6 N–H and O–H groups in total. The average Bonchev–Trinajstić information content (AvgIpc) is 2.55. The van der Waals surface area contributed by atoms with Gasteiger partial charge in [0.15, 0.2) is 0 Å². The number of carbonyl (C=O) groups is 1. The van der Waals surface area contributed by atoms with Crippen LogP contribution in [0.3, 0.4) is 0 Å². The van der Waals surface area contributed by atoms with E-state index in [1.807, 2.05) is 6.07 Å². The first-order valence-corrected chi connectivity index (χ1v) is 7.44. The predicted molar refractivity (Wildman–Crippen MR) is 97.7 cm³/mol. The Balaban J connectivity index is 2.11. The summed E-state index contributed by atoms with van der Waals surface area (Å²) in [5, 5.41) is 15.2. The fourth-order valence-electron chi connectivity index (χ4n) is 1.72. The standard InChI is InChI=1S/C16H13Cl2N5O/c17-12-5-10(1-3-14(12)20)22-8-9(7-19)16(24)23-11-2-4-15(21)13(18)6-11/h1-6,8,22H,20-21H2,(H,23,24)/b9-8-. The van der Waals surface area contributed by atoms with Gasteiger partial charge in [-0.3, -0.25) is 4.79 Å². The molecule has 0 saturated heterocycles. The van der Waals surface area contributed by atoms with Crippen LogP contribution in [-0.2, 0) is 4.79 Å². The number of hydrogen-bond acceptors (Lipinski definition) is 5. The lowest BCUT2D eigenvalue weighted by atomic mass is 10.2. The summed E-state index contributed by atoms with van der Waals surface area (Å²) in [6.45, 7) is 0. The molecule has 122 valence electrons. The van der Waals surface area contributed by atoms with E-state index in [1.54, 1.807) is 30.3 Å². The van der Waals surface area contributed by atoms with Crippen molar-refractivity contribution in [1.82, 2.24) is 0 Å². The Kier molecular flexibility index (Phi) is 5.53. The summed E-state index contributed by atoms with van der Waals surface area (Å²) in [5.41, 5.74) is 12.9. The molecule has 0 unspecified atom stereocenters. The molecule has 0 radical (unpaired) electrons. The van der Waals surface area contributed by atoms with Crippen LogP contribution in [0.25, 0.3) is 0 Å². The van der Waals surface area contributed by atoms with Gasteiger partial charge in [-0.15, -0.1) is 0 Å². The average molecular weight is 362 g/mol. The van der Waals surface area contributed by atoms with Crippen molar-refractivity contribution in [1.29, 1.82) is 5.26 Å². The number of amides is 1. The highest BCUT2D eigenvalue weighted by Gasteiger charge is 2.10. The summed E-state index contributed by atoms with van der Waals surface area (Å²) >= 11 is 11.8. The van der Waals surface area contributed by atoms with E-state index in [1.165, 1.54) is 12.3 Å². The number of benzene rings is 2. The van der Waals surface area contributed by atoms with Gasteiger partial charge in [0.1, 0.15) is 11.6 Å². The monoisotopic (exact) mass is 361 g/mol. The number of nitrogens with zero attached hydrogens (tertiary/aromatic N) is 1. The van der Waals surface area contributed by atoms with Crippen LogP contribution in [-0.4, -0.2) is 5.91 Å². The number of nitriles is 1. The van der Waals surface area contributed by atoms with Crippen LogP contribution in [0.4, 0.5) is 22.7 Å². The molecular weight excluding hydrogens is 349 g/mol.